The first-order valence-corrected chi connectivity index (χ1v) is 3.98. The van der Waals surface area contributed by atoms with Crippen LogP contribution in [0.5, 0.6) is 0 Å². The van der Waals surface area contributed by atoms with Gasteiger partial charge in [-0.2, -0.15) is 5.10 Å². The smallest absolute Gasteiger partial charge is 0.317 e. The van der Waals surface area contributed by atoms with Gasteiger partial charge in [-0.3, -0.25) is 9.48 Å². The van der Waals surface area contributed by atoms with Crippen LogP contribution in [0.15, 0.2) is 6.20 Å². The Kier molecular flexibility index (Phi) is 3.13. The van der Waals surface area contributed by atoms with E-state index in [-0.39, 0.29) is 12.4 Å². The number of anilines is 1. The molecule has 0 bridgehead atoms. The topological polar surface area (TPSA) is 70.1 Å². The van der Waals surface area contributed by atoms with Crippen molar-refractivity contribution in [3.8, 4) is 11.8 Å². The molecule has 74 valence electrons. The Morgan fingerprint density at radius 3 is 3.00 bits per heavy atom. The van der Waals surface area contributed by atoms with Gasteiger partial charge < -0.3 is 10.5 Å². The van der Waals surface area contributed by atoms with Crippen molar-refractivity contribution in [3.05, 3.63) is 11.8 Å². The van der Waals surface area contributed by atoms with Gasteiger partial charge in [-0.25, -0.2) is 0 Å². The van der Waals surface area contributed by atoms with Crippen LogP contribution in [0.25, 0.3) is 0 Å². The standard InChI is InChI=1S/C9H11N3O2/c1-12-6-7(9(10)11-12)4-3-5-8(13)14-2/h6H,5H2,1-2H3,(H2,10,11). The third kappa shape index (κ3) is 2.52. The number of nitrogens with zero attached hydrogens (tertiary/aromatic N) is 2. The van der Waals surface area contributed by atoms with Crippen molar-refractivity contribution >= 4 is 11.8 Å². The van der Waals surface area contributed by atoms with Crippen molar-refractivity contribution in [1.29, 1.82) is 0 Å². The Balaban J connectivity index is 2.68. The van der Waals surface area contributed by atoms with Crippen LogP contribution in [0.1, 0.15) is 12.0 Å². The fourth-order valence-electron chi connectivity index (χ4n) is 0.886. The molecule has 0 aliphatic carbocycles. The highest BCUT2D eigenvalue weighted by Gasteiger charge is 1.99. The number of hydrogen-bond acceptors (Lipinski definition) is 4. The molecular weight excluding hydrogens is 182 g/mol. The van der Waals surface area contributed by atoms with E-state index in [4.69, 9.17) is 5.73 Å². The fourth-order valence-corrected chi connectivity index (χ4v) is 0.886. The lowest BCUT2D eigenvalue weighted by Crippen LogP contribution is -1.97. The van der Waals surface area contributed by atoms with Gasteiger partial charge in [-0.15, -0.1) is 0 Å². The number of carbonyl (C=O) groups excluding carboxylic acids is 1. The zero-order valence-electron chi connectivity index (χ0n) is 8.07. The Bertz CT molecular complexity index is 398. The molecule has 1 rings (SSSR count). The molecule has 0 amide bonds. The highest BCUT2D eigenvalue weighted by molar-refractivity contribution is 5.72. The third-order valence-corrected chi connectivity index (χ3v) is 1.54. The van der Waals surface area contributed by atoms with E-state index in [9.17, 15) is 4.79 Å². The Hall–Kier alpha value is -1.96. The summed E-state index contributed by atoms with van der Waals surface area (Å²) in [5.41, 5.74) is 6.16. The first-order chi connectivity index (χ1) is 6.63. The van der Waals surface area contributed by atoms with Crippen LogP contribution in [0, 0.1) is 11.8 Å². The summed E-state index contributed by atoms with van der Waals surface area (Å²) in [4.78, 5) is 10.7. The largest absolute Gasteiger partial charge is 0.468 e. The predicted octanol–water partition coefficient (Wildman–Crippen LogP) is -0.0831. The van der Waals surface area contributed by atoms with E-state index in [1.165, 1.54) is 7.11 Å². The molecule has 1 aromatic heterocycles. The zero-order chi connectivity index (χ0) is 10.6. The minimum absolute atomic E-state index is 0.0604. The summed E-state index contributed by atoms with van der Waals surface area (Å²) in [6.07, 6.45) is 1.75. The second-order valence-corrected chi connectivity index (χ2v) is 2.66. The Labute approximate surface area is 81.8 Å². The maximum absolute atomic E-state index is 10.7. The number of methoxy groups -OCH3 is 1. The van der Waals surface area contributed by atoms with Crippen LogP contribution in [0.2, 0.25) is 0 Å². The lowest BCUT2D eigenvalue weighted by molar-refractivity contribution is -0.139. The number of esters is 1. The van der Waals surface area contributed by atoms with Gasteiger partial charge >= 0.3 is 5.97 Å². The maximum atomic E-state index is 10.7. The highest BCUT2D eigenvalue weighted by Crippen LogP contribution is 2.05. The number of hydrogen-bond donors (Lipinski definition) is 1. The zero-order valence-corrected chi connectivity index (χ0v) is 8.07. The van der Waals surface area contributed by atoms with Crippen LogP contribution in [0.3, 0.4) is 0 Å². The average Bonchev–Trinajstić information content (AvgIpc) is 2.45. The number of aromatic nitrogens is 2. The molecule has 0 radical (unpaired) electrons. The normalized spacial score (nSPS) is 9.00. The first-order valence-electron chi connectivity index (χ1n) is 3.98. The number of aryl methyl sites for hydroxylation is 1. The Morgan fingerprint density at radius 2 is 2.50 bits per heavy atom. The van der Waals surface area contributed by atoms with E-state index < -0.39 is 0 Å². The van der Waals surface area contributed by atoms with Gasteiger partial charge in [0.25, 0.3) is 0 Å². The summed E-state index contributed by atoms with van der Waals surface area (Å²) in [5.74, 6) is 5.39. The fraction of sp³-hybridized carbons (Fsp3) is 0.333. The van der Waals surface area contributed by atoms with Gasteiger partial charge in [0.2, 0.25) is 0 Å². The quantitative estimate of drug-likeness (QED) is 0.500. The summed E-state index contributed by atoms with van der Waals surface area (Å²) in [6, 6.07) is 0. The molecule has 1 aromatic rings. The number of rotatable bonds is 1. The van der Waals surface area contributed by atoms with Crippen LogP contribution in [-0.2, 0) is 16.6 Å². The molecule has 0 unspecified atom stereocenters. The van der Waals surface area contributed by atoms with Crippen LogP contribution in [0.4, 0.5) is 5.82 Å². The van der Waals surface area contributed by atoms with Crippen LogP contribution in [-0.4, -0.2) is 22.9 Å². The van der Waals surface area contributed by atoms with E-state index in [1.807, 2.05) is 0 Å². The van der Waals surface area contributed by atoms with E-state index in [2.05, 4.69) is 21.7 Å². The molecule has 2 N–H and O–H groups in total. The molecule has 5 heteroatoms. The summed E-state index contributed by atoms with van der Waals surface area (Å²) in [6.45, 7) is 0. The van der Waals surface area contributed by atoms with E-state index in [1.54, 1.807) is 17.9 Å². The van der Waals surface area contributed by atoms with Gasteiger partial charge in [0.15, 0.2) is 5.82 Å². The molecule has 0 saturated heterocycles. The molecule has 0 aliphatic heterocycles. The summed E-state index contributed by atoms with van der Waals surface area (Å²) in [7, 11) is 3.07. The SMILES string of the molecule is COC(=O)CC#Cc1cn(C)nc1N. The molecule has 0 saturated carbocycles. The second kappa shape index (κ2) is 4.33. The lowest BCUT2D eigenvalue weighted by Gasteiger charge is -1.88. The predicted molar refractivity (Wildman–Crippen MR) is 51.1 cm³/mol. The van der Waals surface area contributed by atoms with Gasteiger partial charge in [0, 0.05) is 13.2 Å². The van der Waals surface area contributed by atoms with Crippen molar-refractivity contribution < 1.29 is 9.53 Å². The van der Waals surface area contributed by atoms with Gasteiger partial charge in [0.1, 0.15) is 6.42 Å². The van der Waals surface area contributed by atoms with Crippen molar-refractivity contribution in [2.24, 2.45) is 7.05 Å². The molecule has 0 aromatic carbocycles. The van der Waals surface area contributed by atoms with Crippen molar-refractivity contribution in [2.45, 2.75) is 6.42 Å². The maximum Gasteiger partial charge on any atom is 0.317 e. The Morgan fingerprint density at radius 1 is 1.79 bits per heavy atom. The van der Waals surface area contributed by atoms with Gasteiger partial charge in [0.05, 0.1) is 12.7 Å². The molecule has 0 spiro atoms. The molecule has 0 aliphatic rings. The second-order valence-electron chi connectivity index (χ2n) is 2.66. The first kappa shape index (κ1) is 10.1. The number of nitrogens with two attached hydrogens (primary N) is 1. The van der Waals surface area contributed by atoms with Gasteiger partial charge in [-0.05, 0) is 0 Å². The summed E-state index contributed by atoms with van der Waals surface area (Å²) in [5, 5.41) is 3.90. The van der Waals surface area contributed by atoms with E-state index >= 15 is 0 Å². The highest BCUT2D eigenvalue weighted by atomic mass is 16.5. The van der Waals surface area contributed by atoms with Crippen molar-refractivity contribution in [1.82, 2.24) is 9.78 Å². The summed E-state index contributed by atoms with van der Waals surface area (Å²) >= 11 is 0. The minimum Gasteiger partial charge on any atom is -0.468 e. The van der Waals surface area contributed by atoms with E-state index in [0.29, 0.717) is 11.4 Å². The molecule has 14 heavy (non-hydrogen) atoms. The summed E-state index contributed by atoms with van der Waals surface area (Å²) < 4.78 is 6.00. The van der Waals surface area contributed by atoms with Crippen LogP contribution >= 0.6 is 0 Å². The molecule has 0 fully saturated rings. The monoisotopic (exact) mass is 193 g/mol. The molecular formula is C9H11N3O2. The molecule has 0 atom stereocenters. The minimum atomic E-state index is -0.361. The number of carbonyl (C=O) groups is 1. The van der Waals surface area contributed by atoms with Crippen LogP contribution < -0.4 is 5.73 Å². The van der Waals surface area contributed by atoms with E-state index in [0.717, 1.165) is 0 Å². The number of nitrogen functional groups attached to an aromatic ring is 1. The lowest BCUT2D eigenvalue weighted by atomic mass is 10.3. The van der Waals surface area contributed by atoms with Crippen molar-refractivity contribution in [2.75, 3.05) is 12.8 Å². The average molecular weight is 193 g/mol. The molecule has 1 heterocycles. The van der Waals surface area contributed by atoms with Crippen molar-refractivity contribution in [3.63, 3.8) is 0 Å². The molecule has 5 nitrogen and oxygen atoms in total. The number of ether oxygens (including phenoxy) is 1. The third-order valence-electron chi connectivity index (χ3n) is 1.54. The van der Waals surface area contributed by atoms with Gasteiger partial charge in [-0.1, -0.05) is 11.8 Å².